The van der Waals surface area contributed by atoms with Crippen molar-refractivity contribution < 1.29 is 4.84 Å². The molecule has 0 aromatic rings. The Hall–Kier alpha value is -0.160. The summed E-state index contributed by atoms with van der Waals surface area (Å²) < 4.78 is 0. The van der Waals surface area contributed by atoms with Crippen molar-refractivity contribution in [2.24, 2.45) is 5.92 Å². The van der Waals surface area contributed by atoms with Gasteiger partial charge in [0.2, 0.25) is 0 Å². The van der Waals surface area contributed by atoms with Crippen LogP contribution in [0.1, 0.15) is 64.2 Å². The molecule has 0 amide bonds. The molecule has 0 spiro atoms. The molecule has 3 heterocycles. The first kappa shape index (κ1) is 15.7. The van der Waals surface area contributed by atoms with Crippen molar-refractivity contribution in [3.63, 3.8) is 0 Å². The van der Waals surface area contributed by atoms with E-state index in [1.807, 2.05) is 0 Å². The Morgan fingerprint density at radius 3 is 2.76 bits per heavy atom. The van der Waals surface area contributed by atoms with Gasteiger partial charge in [-0.25, -0.2) is 5.48 Å². The lowest BCUT2D eigenvalue weighted by molar-refractivity contribution is 0.0330. The molecule has 3 fully saturated rings. The normalized spacial score (nSPS) is 37.4. The minimum absolute atomic E-state index is 0.625. The number of likely N-dealkylation sites (tertiary alicyclic amines) is 1. The molecule has 122 valence electrons. The molecule has 4 nitrogen and oxygen atoms in total. The number of hydrogen-bond acceptors (Lipinski definition) is 4. The van der Waals surface area contributed by atoms with E-state index in [1.165, 1.54) is 77.3 Å². The highest BCUT2D eigenvalue weighted by atomic mass is 16.6. The zero-order valence-corrected chi connectivity index (χ0v) is 13.5. The Bertz CT molecular complexity index is 256. The number of hydroxylamine groups is 1. The molecule has 3 aliphatic rings. The maximum absolute atomic E-state index is 5.46. The molecule has 0 aliphatic carbocycles. The van der Waals surface area contributed by atoms with Crippen LogP contribution in [0.4, 0.5) is 0 Å². The predicted molar refractivity (Wildman–Crippen MR) is 85.9 cm³/mol. The van der Waals surface area contributed by atoms with Gasteiger partial charge < -0.3 is 10.2 Å². The molecule has 3 atom stereocenters. The van der Waals surface area contributed by atoms with Crippen LogP contribution < -0.4 is 10.8 Å². The second-order valence-electron chi connectivity index (χ2n) is 7.07. The fourth-order valence-corrected chi connectivity index (χ4v) is 4.43. The van der Waals surface area contributed by atoms with E-state index < -0.39 is 0 Å². The van der Waals surface area contributed by atoms with E-state index >= 15 is 0 Å². The van der Waals surface area contributed by atoms with Crippen molar-refractivity contribution >= 4 is 0 Å². The molecule has 0 aromatic heterocycles. The highest BCUT2D eigenvalue weighted by Crippen LogP contribution is 2.29. The summed E-state index contributed by atoms with van der Waals surface area (Å²) in [4.78, 5) is 8.31. The maximum Gasteiger partial charge on any atom is 0.0682 e. The third-order valence-corrected chi connectivity index (χ3v) is 5.59. The van der Waals surface area contributed by atoms with Gasteiger partial charge in [0.25, 0.3) is 0 Å². The quantitative estimate of drug-likeness (QED) is 0.821. The van der Waals surface area contributed by atoms with Gasteiger partial charge in [-0.3, -0.25) is 4.90 Å². The van der Waals surface area contributed by atoms with E-state index in [0.717, 1.165) is 25.1 Å². The summed E-state index contributed by atoms with van der Waals surface area (Å²) in [6.45, 7) is 4.42. The van der Waals surface area contributed by atoms with Crippen molar-refractivity contribution in [2.75, 3.05) is 26.2 Å². The van der Waals surface area contributed by atoms with Gasteiger partial charge >= 0.3 is 0 Å². The molecule has 3 rings (SSSR count). The van der Waals surface area contributed by atoms with Crippen molar-refractivity contribution in [3.05, 3.63) is 0 Å². The van der Waals surface area contributed by atoms with E-state index in [-0.39, 0.29) is 0 Å². The lowest BCUT2D eigenvalue weighted by Crippen LogP contribution is -2.53. The summed E-state index contributed by atoms with van der Waals surface area (Å²) in [5, 5.41) is 3.84. The van der Waals surface area contributed by atoms with Crippen molar-refractivity contribution in [2.45, 2.75) is 76.4 Å². The van der Waals surface area contributed by atoms with E-state index in [4.69, 9.17) is 4.84 Å². The lowest BCUT2D eigenvalue weighted by Gasteiger charge is -2.41. The third-order valence-electron chi connectivity index (χ3n) is 5.59. The summed E-state index contributed by atoms with van der Waals surface area (Å²) in [5.74, 6) is 0.760. The molecule has 0 saturated carbocycles. The van der Waals surface area contributed by atoms with Gasteiger partial charge in [0.15, 0.2) is 0 Å². The third kappa shape index (κ3) is 4.41. The molecule has 2 N–H and O–H groups in total. The fraction of sp³-hybridized carbons (Fsp3) is 1.00. The number of hydrogen-bond donors (Lipinski definition) is 2. The number of nitrogens with zero attached hydrogens (tertiary/aromatic N) is 1. The summed E-state index contributed by atoms with van der Waals surface area (Å²) >= 11 is 0. The van der Waals surface area contributed by atoms with E-state index in [2.05, 4.69) is 15.7 Å². The summed E-state index contributed by atoms with van der Waals surface area (Å²) in [5.41, 5.74) is 3.20. The Morgan fingerprint density at radius 1 is 0.857 bits per heavy atom. The molecule has 0 aromatic carbocycles. The molecule has 3 saturated heterocycles. The van der Waals surface area contributed by atoms with Gasteiger partial charge in [-0.2, -0.15) is 0 Å². The van der Waals surface area contributed by atoms with Gasteiger partial charge in [0, 0.05) is 12.6 Å². The van der Waals surface area contributed by atoms with E-state index in [1.54, 1.807) is 0 Å². The molecule has 0 radical (unpaired) electrons. The highest BCUT2D eigenvalue weighted by Gasteiger charge is 2.33. The second-order valence-corrected chi connectivity index (χ2v) is 7.07. The fourth-order valence-electron chi connectivity index (χ4n) is 4.43. The molecule has 21 heavy (non-hydrogen) atoms. The predicted octanol–water partition coefficient (Wildman–Crippen LogP) is 2.65. The Morgan fingerprint density at radius 2 is 1.76 bits per heavy atom. The highest BCUT2D eigenvalue weighted by molar-refractivity contribution is 4.87. The average Bonchev–Trinajstić information content (AvgIpc) is 3.01. The SMILES string of the molecule is C1CCNC(N2CCCCCC2C2CCCONC2)CC1. The van der Waals surface area contributed by atoms with Gasteiger partial charge in [0.1, 0.15) is 0 Å². The Kier molecular flexibility index (Phi) is 6.34. The van der Waals surface area contributed by atoms with Crippen molar-refractivity contribution in [3.8, 4) is 0 Å². The first-order valence-corrected chi connectivity index (χ1v) is 9.29. The van der Waals surface area contributed by atoms with Crippen molar-refractivity contribution in [1.29, 1.82) is 0 Å². The van der Waals surface area contributed by atoms with Gasteiger partial charge in [0.05, 0.1) is 12.8 Å². The van der Waals surface area contributed by atoms with Gasteiger partial charge in [-0.1, -0.05) is 25.7 Å². The first-order chi connectivity index (χ1) is 10.4. The van der Waals surface area contributed by atoms with Crippen LogP contribution in [0.2, 0.25) is 0 Å². The van der Waals surface area contributed by atoms with Crippen LogP contribution in [0, 0.1) is 5.92 Å². The van der Waals surface area contributed by atoms with Crippen molar-refractivity contribution in [1.82, 2.24) is 15.7 Å². The maximum atomic E-state index is 5.46. The minimum Gasteiger partial charge on any atom is -0.302 e. The van der Waals surface area contributed by atoms with Crippen LogP contribution in [-0.4, -0.2) is 43.3 Å². The standard InChI is InChI=1S/C17H33N3O/c1-4-10-17(18-11-5-1)20-12-6-2-3-9-16(20)15-8-7-13-21-19-14-15/h15-19H,1-14H2. The topological polar surface area (TPSA) is 36.5 Å². The van der Waals surface area contributed by atoms with Crippen LogP contribution in [0.5, 0.6) is 0 Å². The molecule has 3 unspecified atom stereocenters. The average molecular weight is 295 g/mol. The molecule has 3 aliphatic heterocycles. The first-order valence-electron chi connectivity index (χ1n) is 9.29. The number of rotatable bonds is 2. The van der Waals surface area contributed by atoms with Crippen LogP contribution in [-0.2, 0) is 4.84 Å². The molecule has 0 bridgehead atoms. The lowest BCUT2D eigenvalue weighted by atomic mass is 9.90. The van der Waals surface area contributed by atoms with E-state index in [9.17, 15) is 0 Å². The molecule has 4 heteroatoms. The van der Waals surface area contributed by atoms with Gasteiger partial charge in [-0.15, -0.1) is 0 Å². The monoisotopic (exact) mass is 295 g/mol. The smallest absolute Gasteiger partial charge is 0.0682 e. The van der Waals surface area contributed by atoms with Crippen LogP contribution >= 0.6 is 0 Å². The summed E-state index contributed by atoms with van der Waals surface area (Å²) in [6, 6.07) is 0.747. The summed E-state index contributed by atoms with van der Waals surface area (Å²) in [6.07, 6.45) is 14.2. The molecular weight excluding hydrogens is 262 g/mol. The number of nitrogens with one attached hydrogen (secondary N) is 2. The largest absolute Gasteiger partial charge is 0.302 e. The summed E-state index contributed by atoms with van der Waals surface area (Å²) in [7, 11) is 0. The zero-order chi connectivity index (χ0) is 14.3. The van der Waals surface area contributed by atoms with E-state index in [0.29, 0.717) is 6.17 Å². The van der Waals surface area contributed by atoms with Crippen LogP contribution in [0.3, 0.4) is 0 Å². The van der Waals surface area contributed by atoms with Gasteiger partial charge in [-0.05, 0) is 57.5 Å². The molecular formula is C17H33N3O. The Labute approximate surface area is 129 Å². The zero-order valence-electron chi connectivity index (χ0n) is 13.5. The second kappa shape index (κ2) is 8.47. The Balaban J connectivity index is 1.69. The van der Waals surface area contributed by atoms with Crippen LogP contribution in [0.25, 0.3) is 0 Å². The van der Waals surface area contributed by atoms with Crippen LogP contribution in [0.15, 0.2) is 0 Å². The minimum atomic E-state index is 0.625.